The van der Waals surface area contributed by atoms with Crippen LogP contribution in [0.2, 0.25) is 0 Å². The van der Waals surface area contributed by atoms with E-state index in [1.165, 1.54) is 32.4 Å². The van der Waals surface area contributed by atoms with Gasteiger partial charge in [-0.1, -0.05) is 26.7 Å². The van der Waals surface area contributed by atoms with Gasteiger partial charge in [0.15, 0.2) is 0 Å². The summed E-state index contributed by atoms with van der Waals surface area (Å²) in [6, 6.07) is 0.316. The smallest absolute Gasteiger partial charge is 0.241 e. The molecular formula is C16H31N3O. The monoisotopic (exact) mass is 281 g/mol. The molecular weight excluding hydrogens is 250 g/mol. The summed E-state index contributed by atoms with van der Waals surface area (Å²) in [5, 5.41) is 3.48. The van der Waals surface area contributed by atoms with Gasteiger partial charge in [-0.2, -0.15) is 0 Å². The highest BCUT2D eigenvalue weighted by molar-refractivity contribution is 5.84. The van der Waals surface area contributed by atoms with E-state index in [2.05, 4.69) is 42.8 Å². The molecule has 2 heterocycles. The molecule has 0 aromatic carbocycles. The molecule has 2 aliphatic heterocycles. The van der Waals surface area contributed by atoms with Crippen molar-refractivity contribution in [3.05, 3.63) is 0 Å². The molecule has 4 heteroatoms. The topological polar surface area (TPSA) is 35.6 Å². The van der Waals surface area contributed by atoms with Gasteiger partial charge in [0, 0.05) is 12.6 Å². The van der Waals surface area contributed by atoms with Crippen LogP contribution in [0, 0.1) is 5.92 Å². The maximum atomic E-state index is 12.6. The first-order valence-electron chi connectivity index (χ1n) is 8.35. The van der Waals surface area contributed by atoms with Gasteiger partial charge < -0.3 is 9.80 Å². The van der Waals surface area contributed by atoms with E-state index in [0.717, 1.165) is 13.0 Å². The Morgan fingerprint density at radius 2 is 1.90 bits per heavy atom. The Kier molecular flexibility index (Phi) is 5.44. The molecule has 0 aliphatic carbocycles. The molecule has 0 saturated carbocycles. The molecule has 4 atom stereocenters. The SMILES string of the molecule is CCC(C)C1NC(C)N(C(C)CN2CCCCC2)C1=O. The summed E-state index contributed by atoms with van der Waals surface area (Å²) in [4.78, 5) is 17.2. The van der Waals surface area contributed by atoms with Crippen LogP contribution in [0.3, 0.4) is 0 Å². The molecule has 2 fully saturated rings. The molecule has 2 rings (SSSR count). The number of hydrogen-bond donors (Lipinski definition) is 1. The molecule has 0 aromatic heterocycles. The molecule has 4 unspecified atom stereocenters. The van der Waals surface area contributed by atoms with Crippen molar-refractivity contribution >= 4 is 5.91 Å². The van der Waals surface area contributed by atoms with Gasteiger partial charge in [0.05, 0.1) is 12.2 Å². The van der Waals surface area contributed by atoms with Crippen LogP contribution in [0.4, 0.5) is 0 Å². The fourth-order valence-corrected chi connectivity index (χ4v) is 3.61. The number of amides is 1. The van der Waals surface area contributed by atoms with Gasteiger partial charge in [0.2, 0.25) is 5.91 Å². The van der Waals surface area contributed by atoms with Crippen molar-refractivity contribution < 1.29 is 4.79 Å². The minimum atomic E-state index is 0.0128. The van der Waals surface area contributed by atoms with E-state index < -0.39 is 0 Å². The average molecular weight is 281 g/mol. The highest BCUT2D eigenvalue weighted by atomic mass is 16.2. The highest BCUT2D eigenvalue weighted by Crippen LogP contribution is 2.22. The summed E-state index contributed by atoms with van der Waals surface area (Å²) in [6.07, 6.45) is 5.20. The van der Waals surface area contributed by atoms with E-state index in [9.17, 15) is 4.79 Å². The second-order valence-electron chi connectivity index (χ2n) is 6.66. The van der Waals surface area contributed by atoms with Crippen LogP contribution < -0.4 is 5.32 Å². The van der Waals surface area contributed by atoms with Crippen molar-refractivity contribution in [2.75, 3.05) is 19.6 Å². The summed E-state index contributed by atoms with van der Waals surface area (Å²) in [6.45, 7) is 12.1. The zero-order valence-electron chi connectivity index (χ0n) is 13.6. The summed E-state index contributed by atoms with van der Waals surface area (Å²) in [5.74, 6) is 0.716. The van der Waals surface area contributed by atoms with E-state index in [1.807, 2.05) is 0 Å². The molecule has 0 bridgehead atoms. The Morgan fingerprint density at radius 1 is 1.25 bits per heavy atom. The van der Waals surface area contributed by atoms with Crippen LogP contribution in [-0.4, -0.2) is 53.6 Å². The lowest BCUT2D eigenvalue weighted by atomic mass is 9.99. The second-order valence-corrected chi connectivity index (χ2v) is 6.66. The Bertz CT molecular complexity index is 328. The third-order valence-corrected chi connectivity index (χ3v) is 5.02. The summed E-state index contributed by atoms with van der Waals surface area (Å²) in [5.41, 5.74) is 0. The fraction of sp³-hybridized carbons (Fsp3) is 0.938. The molecule has 4 nitrogen and oxygen atoms in total. The van der Waals surface area contributed by atoms with Crippen LogP contribution >= 0.6 is 0 Å². The van der Waals surface area contributed by atoms with Crippen molar-refractivity contribution in [3.63, 3.8) is 0 Å². The van der Waals surface area contributed by atoms with Crippen molar-refractivity contribution in [1.82, 2.24) is 15.1 Å². The Morgan fingerprint density at radius 3 is 2.50 bits per heavy atom. The van der Waals surface area contributed by atoms with E-state index in [1.54, 1.807) is 0 Å². The molecule has 0 spiro atoms. The first-order chi connectivity index (χ1) is 9.54. The lowest BCUT2D eigenvalue weighted by Crippen LogP contribution is -2.48. The van der Waals surface area contributed by atoms with Crippen molar-refractivity contribution in [2.24, 2.45) is 5.92 Å². The van der Waals surface area contributed by atoms with E-state index in [0.29, 0.717) is 17.9 Å². The number of carbonyl (C=O) groups excluding carboxylic acids is 1. The number of likely N-dealkylation sites (tertiary alicyclic amines) is 1. The predicted octanol–water partition coefficient (Wildman–Crippen LogP) is 2.05. The zero-order chi connectivity index (χ0) is 14.7. The molecule has 1 N–H and O–H groups in total. The average Bonchev–Trinajstić information content (AvgIpc) is 2.74. The van der Waals surface area contributed by atoms with Crippen molar-refractivity contribution in [3.8, 4) is 0 Å². The highest BCUT2D eigenvalue weighted by Gasteiger charge is 2.41. The van der Waals surface area contributed by atoms with E-state index in [-0.39, 0.29) is 12.2 Å². The predicted molar refractivity (Wildman–Crippen MR) is 82.4 cm³/mol. The van der Waals surface area contributed by atoms with Crippen LogP contribution in [-0.2, 0) is 4.79 Å². The Labute approximate surface area is 123 Å². The third kappa shape index (κ3) is 3.34. The minimum Gasteiger partial charge on any atom is -0.322 e. The molecule has 2 aliphatic rings. The molecule has 20 heavy (non-hydrogen) atoms. The van der Waals surface area contributed by atoms with Crippen LogP contribution in [0.15, 0.2) is 0 Å². The van der Waals surface area contributed by atoms with Crippen LogP contribution in [0.5, 0.6) is 0 Å². The summed E-state index contributed by atoms with van der Waals surface area (Å²) < 4.78 is 0. The van der Waals surface area contributed by atoms with Gasteiger partial charge in [-0.15, -0.1) is 0 Å². The quantitative estimate of drug-likeness (QED) is 0.838. The third-order valence-electron chi connectivity index (χ3n) is 5.02. The van der Waals surface area contributed by atoms with Crippen LogP contribution in [0.1, 0.15) is 53.4 Å². The van der Waals surface area contributed by atoms with Crippen LogP contribution in [0.25, 0.3) is 0 Å². The van der Waals surface area contributed by atoms with Gasteiger partial charge in [-0.25, -0.2) is 0 Å². The maximum Gasteiger partial charge on any atom is 0.241 e. The normalized spacial score (nSPS) is 31.6. The minimum absolute atomic E-state index is 0.0128. The summed E-state index contributed by atoms with van der Waals surface area (Å²) >= 11 is 0. The van der Waals surface area contributed by atoms with Gasteiger partial charge in [0.25, 0.3) is 0 Å². The number of rotatable bonds is 5. The summed E-state index contributed by atoms with van der Waals surface area (Å²) in [7, 11) is 0. The fourth-order valence-electron chi connectivity index (χ4n) is 3.61. The lowest BCUT2D eigenvalue weighted by molar-refractivity contribution is -0.133. The number of piperidine rings is 1. The lowest BCUT2D eigenvalue weighted by Gasteiger charge is -2.34. The second kappa shape index (κ2) is 6.90. The molecule has 0 aromatic rings. The zero-order valence-corrected chi connectivity index (χ0v) is 13.6. The number of hydrogen-bond acceptors (Lipinski definition) is 3. The van der Waals surface area contributed by atoms with Gasteiger partial charge in [0.1, 0.15) is 0 Å². The Hall–Kier alpha value is -0.610. The van der Waals surface area contributed by atoms with E-state index >= 15 is 0 Å². The number of nitrogens with one attached hydrogen (secondary N) is 1. The maximum absolute atomic E-state index is 12.6. The molecule has 116 valence electrons. The van der Waals surface area contributed by atoms with Crippen molar-refractivity contribution in [2.45, 2.75) is 71.6 Å². The molecule has 1 amide bonds. The Balaban J connectivity index is 1.94. The van der Waals surface area contributed by atoms with Crippen molar-refractivity contribution in [1.29, 1.82) is 0 Å². The first kappa shape index (κ1) is 15.8. The first-order valence-corrected chi connectivity index (χ1v) is 8.35. The van der Waals surface area contributed by atoms with E-state index in [4.69, 9.17) is 0 Å². The van der Waals surface area contributed by atoms with Gasteiger partial charge in [-0.3, -0.25) is 10.1 Å². The standard InChI is InChI=1S/C16H31N3O/c1-5-12(2)15-16(20)19(14(4)17-15)13(3)11-18-9-7-6-8-10-18/h12-15,17H,5-11H2,1-4H3. The van der Waals surface area contributed by atoms with Gasteiger partial charge in [-0.05, 0) is 45.7 Å². The molecule has 0 radical (unpaired) electrons. The largest absolute Gasteiger partial charge is 0.322 e. The van der Waals surface area contributed by atoms with Gasteiger partial charge >= 0.3 is 0 Å². The number of carbonyl (C=O) groups is 1. The molecule has 2 saturated heterocycles. The number of nitrogens with zero attached hydrogens (tertiary/aromatic N) is 2.